The van der Waals surface area contributed by atoms with Gasteiger partial charge in [-0.1, -0.05) is 19.1 Å². The molecule has 0 saturated heterocycles. The molecule has 2 N–H and O–H groups in total. The number of amides is 1. The number of likely N-dealkylation sites (N-methyl/N-ethyl adjacent to an activating group) is 1. The first kappa shape index (κ1) is 18.3. The predicted octanol–water partition coefficient (Wildman–Crippen LogP) is 1.69. The van der Waals surface area contributed by atoms with Crippen LogP contribution in [0.3, 0.4) is 0 Å². The van der Waals surface area contributed by atoms with E-state index < -0.39 is 10.0 Å². The number of nitrogens with one attached hydrogen (secondary N) is 2. The van der Waals surface area contributed by atoms with Gasteiger partial charge in [0, 0.05) is 12.5 Å². The van der Waals surface area contributed by atoms with Crippen LogP contribution in [0.4, 0.5) is 11.4 Å². The molecule has 1 amide bonds. The maximum atomic E-state index is 13.3. The quantitative estimate of drug-likeness (QED) is 0.751. The Labute approximate surface area is 153 Å². The minimum absolute atomic E-state index is 0.0236. The van der Waals surface area contributed by atoms with Crippen LogP contribution in [-0.2, 0) is 21.2 Å². The highest BCUT2D eigenvalue weighted by Gasteiger charge is 2.34. The van der Waals surface area contributed by atoms with Crippen molar-refractivity contribution >= 4 is 27.8 Å². The molecular weight excluding hydrogens is 352 g/mol. The van der Waals surface area contributed by atoms with Crippen molar-refractivity contribution in [2.45, 2.75) is 31.2 Å². The molecular formula is C18H22N4O3S. The SMILES string of the molecule is CCNC1Cc2ncc(NC=O)cc2N(S(=O)(=O)c2cccc(C)c2)C1. The maximum absolute atomic E-state index is 13.3. The average Bonchev–Trinajstić information content (AvgIpc) is 2.62. The van der Waals surface area contributed by atoms with Gasteiger partial charge in [-0.3, -0.25) is 14.1 Å². The second-order valence-corrected chi connectivity index (χ2v) is 8.13. The summed E-state index contributed by atoms with van der Waals surface area (Å²) in [4.78, 5) is 15.4. The van der Waals surface area contributed by atoms with Crippen molar-refractivity contribution in [1.82, 2.24) is 10.3 Å². The number of nitrogens with zero attached hydrogens (tertiary/aromatic N) is 2. The molecule has 2 aromatic rings. The summed E-state index contributed by atoms with van der Waals surface area (Å²) < 4.78 is 28.0. The number of aromatic nitrogens is 1. The van der Waals surface area contributed by atoms with E-state index in [1.165, 1.54) is 4.31 Å². The molecule has 138 valence electrons. The van der Waals surface area contributed by atoms with Gasteiger partial charge in [0.1, 0.15) is 0 Å². The van der Waals surface area contributed by atoms with E-state index in [1.54, 1.807) is 30.5 Å². The van der Waals surface area contributed by atoms with Crippen LogP contribution in [0.15, 0.2) is 41.4 Å². The highest BCUT2D eigenvalue weighted by molar-refractivity contribution is 7.92. The monoisotopic (exact) mass is 374 g/mol. The Morgan fingerprint density at radius 1 is 1.35 bits per heavy atom. The van der Waals surface area contributed by atoms with Crippen molar-refractivity contribution < 1.29 is 13.2 Å². The molecule has 1 atom stereocenters. The smallest absolute Gasteiger partial charge is 0.264 e. The fourth-order valence-corrected chi connectivity index (χ4v) is 4.79. The van der Waals surface area contributed by atoms with Crippen LogP contribution in [0, 0.1) is 6.92 Å². The van der Waals surface area contributed by atoms with Crippen molar-refractivity contribution in [3.05, 3.63) is 47.8 Å². The number of carbonyl (C=O) groups is 1. The van der Waals surface area contributed by atoms with Gasteiger partial charge in [-0.2, -0.15) is 0 Å². The van der Waals surface area contributed by atoms with Crippen molar-refractivity contribution in [2.24, 2.45) is 0 Å². The number of aryl methyl sites for hydroxylation is 1. The molecule has 1 aromatic carbocycles. The molecule has 0 saturated carbocycles. The Hall–Kier alpha value is -2.45. The van der Waals surface area contributed by atoms with Crippen LogP contribution in [-0.4, -0.2) is 38.9 Å². The van der Waals surface area contributed by atoms with Gasteiger partial charge < -0.3 is 10.6 Å². The summed E-state index contributed by atoms with van der Waals surface area (Å²) in [7, 11) is -3.74. The molecule has 1 aromatic heterocycles. The van der Waals surface area contributed by atoms with Crippen LogP contribution in [0.1, 0.15) is 18.2 Å². The van der Waals surface area contributed by atoms with Gasteiger partial charge in [0.05, 0.1) is 34.7 Å². The number of pyridine rings is 1. The average molecular weight is 374 g/mol. The Morgan fingerprint density at radius 2 is 2.15 bits per heavy atom. The number of hydrogen-bond donors (Lipinski definition) is 2. The second-order valence-electron chi connectivity index (χ2n) is 6.26. The first-order chi connectivity index (χ1) is 12.5. The number of rotatable bonds is 6. The first-order valence-electron chi connectivity index (χ1n) is 8.47. The summed E-state index contributed by atoms with van der Waals surface area (Å²) >= 11 is 0. The van der Waals surface area contributed by atoms with Crippen LogP contribution in [0.25, 0.3) is 0 Å². The number of sulfonamides is 1. The summed E-state index contributed by atoms with van der Waals surface area (Å²) in [5, 5.41) is 5.85. The van der Waals surface area contributed by atoms with Gasteiger partial charge in [0.15, 0.2) is 0 Å². The molecule has 0 aliphatic carbocycles. The van der Waals surface area contributed by atoms with E-state index >= 15 is 0 Å². The topological polar surface area (TPSA) is 91.4 Å². The lowest BCUT2D eigenvalue weighted by Gasteiger charge is -2.35. The lowest BCUT2D eigenvalue weighted by Crippen LogP contribution is -2.48. The molecule has 3 rings (SSSR count). The van der Waals surface area contributed by atoms with E-state index in [2.05, 4.69) is 15.6 Å². The van der Waals surface area contributed by atoms with E-state index in [-0.39, 0.29) is 10.9 Å². The molecule has 0 fully saturated rings. The largest absolute Gasteiger partial charge is 0.327 e. The third kappa shape index (κ3) is 3.56. The fraction of sp³-hybridized carbons (Fsp3) is 0.333. The number of anilines is 2. The number of benzene rings is 1. The maximum Gasteiger partial charge on any atom is 0.264 e. The summed E-state index contributed by atoms with van der Waals surface area (Å²) in [5.41, 5.74) is 2.54. The van der Waals surface area contributed by atoms with E-state index in [4.69, 9.17) is 0 Å². The highest BCUT2D eigenvalue weighted by atomic mass is 32.2. The molecule has 0 bridgehead atoms. The van der Waals surface area contributed by atoms with E-state index in [9.17, 15) is 13.2 Å². The molecule has 2 heterocycles. The zero-order chi connectivity index (χ0) is 18.7. The third-order valence-corrected chi connectivity index (χ3v) is 6.11. The summed E-state index contributed by atoms with van der Waals surface area (Å²) in [5.74, 6) is 0. The third-order valence-electron chi connectivity index (χ3n) is 4.34. The van der Waals surface area contributed by atoms with Gasteiger partial charge in [-0.15, -0.1) is 0 Å². The van der Waals surface area contributed by atoms with Gasteiger partial charge >= 0.3 is 0 Å². The van der Waals surface area contributed by atoms with E-state index in [0.29, 0.717) is 36.4 Å². The summed E-state index contributed by atoms with van der Waals surface area (Å²) in [6, 6.07) is 8.48. The molecule has 0 spiro atoms. The Kier molecular flexibility index (Phi) is 5.24. The minimum Gasteiger partial charge on any atom is -0.327 e. The first-order valence-corrected chi connectivity index (χ1v) is 9.91. The molecule has 26 heavy (non-hydrogen) atoms. The van der Waals surface area contributed by atoms with Crippen LogP contribution in [0.2, 0.25) is 0 Å². The standard InChI is InChI=1S/C18H22N4O3S/c1-3-19-15-8-17-18(9-14(10-20-17)21-12-23)22(11-15)26(24,25)16-6-4-5-13(2)7-16/h4-7,9-10,12,15,19H,3,8,11H2,1-2H3,(H,21,23). The van der Waals surface area contributed by atoms with Gasteiger partial charge in [-0.05, 0) is 37.2 Å². The van der Waals surface area contributed by atoms with Crippen LogP contribution >= 0.6 is 0 Å². The number of hydrogen-bond acceptors (Lipinski definition) is 5. The minimum atomic E-state index is -3.74. The highest BCUT2D eigenvalue weighted by Crippen LogP contribution is 2.33. The molecule has 0 radical (unpaired) electrons. The number of fused-ring (bicyclic) bond motifs is 1. The Bertz CT molecular complexity index is 914. The zero-order valence-electron chi connectivity index (χ0n) is 14.8. The second kappa shape index (κ2) is 7.43. The molecule has 1 unspecified atom stereocenters. The van der Waals surface area contributed by atoms with Gasteiger partial charge in [0.25, 0.3) is 10.0 Å². The lowest BCUT2D eigenvalue weighted by molar-refractivity contribution is -0.105. The lowest BCUT2D eigenvalue weighted by atomic mass is 10.0. The van der Waals surface area contributed by atoms with Crippen molar-refractivity contribution in [3.8, 4) is 0 Å². The van der Waals surface area contributed by atoms with Gasteiger partial charge in [-0.25, -0.2) is 8.42 Å². The predicted molar refractivity (Wildman–Crippen MR) is 101 cm³/mol. The molecule has 7 nitrogen and oxygen atoms in total. The van der Waals surface area contributed by atoms with Crippen molar-refractivity contribution in [3.63, 3.8) is 0 Å². The van der Waals surface area contributed by atoms with E-state index in [1.807, 2.05) is 19.9 Å². The number of carbonyl (C=O) groups excluding carboxylic acids is 1. The normalized spacial score (nSPS) is 16.8. The van der Waals surface area contributed by atoms with E-state index in [0.717, 1.165) is 12.1 Å². The van der Waals surface area contributed by atoms with Crippen molar-refractivity contribution in [1.29, 1.82) is 0 Å². The molecule has 1 aliphatic rings. The zero-order valence-corrected chi connectivity index (χ0v) is 15.6. The Morgan fingerprint density at radius 3 is 2.85 bits per heavy atom. The Balaban J connectivity index is 2.09. The molecule has 8 heteroatoms. The molecule has 1 aliphatic heterocycles. The fourth-order valence-electron chi connectivity index (χ4n) is 3.15. The van der Waals surface area contributed by atoms with Crippen LogP contribution < -0.4 is 14.9 Å². The van der Waals surface area contributed by atoms with Crippen molar-refractivity contribution in [2.75, 3.05) is 22.7 Å². The van der Waals surface area contributed by atoms with Crippen LogP contribution in [0.5, 0.6) is 0 Å². The summed E-state index contributed by atoms with van der Waals surface area (Å²) in [6.07, 6.45) is 2.72. The summed E-state index contributed by atoms with van der Waals surface area (Å²) in [6.45, 7) is 4.89. The van der Waals surface area contributed by atoms with Gasteiger partial charge in [0.2, 0.25) is 6.41 Å².